The van der Waals surface area contributed by atoms with Gasteiger partial charge in [0, 0.05) is 32.5 Å². The summed E-state index contributed by atoms with van der Waals surface area (Å²) in [5.41, 5.74) is 4.14. The van der Waals surface area contributed by atoms with Gasteiger partial charge in [0.2, 0.25) is 0 Å². The minimum Gasteiger partial charge on any atom is -0.385 e. The number of amides is 1. The third kappa shape index (κ3) is 5.61. The lowest BCUT2D eigenvalue weighted by Gasteiger charge is -2.19. The standard InChI is InChI=1S/C20H27N3O2/c1-15(17-9-8-16-6-3-4-7-18(16)12-17)23-14-19(13-21)20(24)22-10-5-11-25-2/h8-9,12,14-15,23H,3-7,10-11H2,1-2H3,(H,22,24)/b19-14-. The molecule has 1 atom stereocenters. The molecule has 0 saturated heterocycles. The molecular formula is C20H27N3O2. The first-order valence-electron chi connectivity index (χ1n) is 8.91. The highest BCUT2D eigenvalue weighted by molar-refractivity contribution is 5.97. The Labute approximate surface area is 150 Å². The summed E-state index contributed by atoms with van der Waals surface area (Å²) < 4.78 is 4.93. The highest BCUT2D eigenvalue weighted by Gasteiger charge is 2.13. The smallest absolute Gasteiger partial charge is 0.263 e. The van der Waals surface area contributed by atoms with Gasteiger partial charge in [-0.1, -0.05) is 18.2 Å². The molecule has 0 fully saturated rings. The zero-order valence-corrected chi connectivity index (χ0v) is 15.1. The minimum absolute atomic E-state index is 0.0388. The number of carbonyl (C=O) groups excluding carboxylic acids is 1. The Morgan fingerprint density at radius 3 is 2.84 bits per heavy atom. The number of benzene rings is 1. The van der Waals surface area contributed by atoms with Crippen molar-refractivity contribution in [2.75, 3.05) is 20.3 Å². The Morgan fingerprint density at radius 1 is 1.36 bits per heavy atom. The molecule has 1 unspecified atom stereocenters. The van der Waals surface area contributed by atoms with Crippen molar-refractivity contribution < 1.29 is 9.53 Å². The molecule has 2 rings (SSSR count). The number of hydrogen-bond donors (Lipinski definition) is 2. The first kappa shape index (κ1) is 19.0. The number of aryl methyl sites for hydroxylation is 2. The zero-order valence-electron chi connectivity index (χ0n) is 15.1. The van der Waals surface area contributed by atoms with Crippen molar-refractivity contribution in [3.05, 3.63) is 46.7 Å². The molecule has 1 amide bonds. The number of nitriles is 1. The summed E-state index contributed by atoms with van der Waals surface area (Å²) in [5.74, 6) is -0.358. The van der Waals surface area contributed by atoms with Gasteiger partial charge < -0.3 is 15.4 Å². The molecule has 5 heteroatoms. The lowest BCUT2D eigenvalue weighted by atomic mass is 9.89. The average molecular weight is 341 g/mol. The van der Waals surface area contributed by atoms with Gasteiger partial charge in [-0.25, -0.2) is 0 Å². The van der Waals surface area contributed by atoms with E-state index in [0.29, 0.717) is 13.2 Å². The van der Waals surface area contributed by atoms with Gasteiger partial charge in [0.05, 0.1) is 0 Å². The van der Waals surface area contributed by atoms with E-state index in [-0.39, 0.29) is 17.5 Å². The number of nitrogens with one attached hydrogen (secondary N) is 2. The molecule has 1 aliphatic rings. The predicted octanol–water partition coefficient (Wildman–Crippen LogP) is 2.78. The Balaban J connectivity index is 1.94. The quantitative estimate of drug-likeness (QED) is 0.433. The van der Waals surface area contributed by atoms with E-state index >= 15 is 0 Å². The third-order valence-corrected chi connectivity index (χ3v) is 4.53. The molecule has 0 spiro atoms. The monoisotopic (exact) mass is 341 g/mol. The van der Waals surface area contributed by atoms with Gasteiger partial charge in [0.15, 0.2) is 0 Å². The number of carbonyl (C=O) groups is 1. The van der Waals surface area contributed by atoms with Crippen LogP contribution in [0.15, 0.2) is 30.0 Å². The van der Waals surface area contributed by atoms with Crippen molar-refractivity contribution in [2.24, 2.45) is 0 Å². The maximum atomic E-state index is 12.0. The maximum Gasteiger partial charge on any atom is 0.263 e. The second-order valence-electron chi connectivity index (χ2n) is 6.40. The van der Waals surface area contributed by atoms with E-state index in [1.54, 1.807) is 7.11 Å². The van der Waals surface area contributed by atoms with Crippen LogP contribution in [0.2, 0.25) is 0 Å². The molecule has 25 heavy (non-hydrogen) atoms. The van der Waals surface area contributed by atoms with Crippen LogP contribution in [0, 0.1) is 11.3 Å². The van der Waals surface area contributed by atoms with E-state index in [0.717, 1.165) is 12.8 Å². The molecule has 0 heterocycles. The first-order valence-corrected chi connectivity index (χ1v) is 8.91. The summed E-state index contributed by atoms with van der Waals surface area (Å²) >= 11 is 0. The summed E-state index contributed by atoms with van der Waals surface area (Å²) in [4.78, 5) is 12.0. The number of rotatable bonds is 8. The summed E-state index contributed by atoms with van der Waals surface area (Å²) in [6.07, 6.45) is 7.06. The number of ether oxygens (including phenoxy) is 1. The third-order valence-electron chi connectivity index (χ3n) is 4.53. The first-order chi connectivity index (χ1) is 12.2. The van der Waals surface area contributed by atoms with Crippen LogP contribution in [-0.4, -0.2) is 26.2 Å². The second kappa shape index (κ2) is 9.85. The van der Waals surface area contributed by atoms with Crippen molar-refractivity contribution in [2.45, 2.75) is 45.1 Å². The summed E-state index contributed by atoms with van der Waals surface area (Å²) in [6.45, 7) is 3.11. The van der Waals surface area contributed by atoms with Crippen LogP contribution in [0.25, 0.3) is 0 Å². The van der Waals surface area contributed by atoms with Gasteiger partial charge >= 0.3 is 0 Å². The molecule has 0 radical (unpaired) electrons. The summed E-state index contributed by atoms with van der Waals surface area (Å²) in [7, 11) is 1.62. The van der Waals surface area contributed by atoms with Crippen LogP contribution in [0.1, 0.15) is 48.9 Å². The minimum atomic E-state index is -0.358. The van der Waals surface area contributed by atoms with E-state index < -0.39 is 0 Å². The van der Waals surface area contributed by atoms with Crippen molar-refractivity contribution >= 4 is 5.91 Å². The molecule has 2 N–H and O–H groups in total. The van der Waals surface area contributed by atoms with E-state index in [1.165, 1.54) is 42.2 Å². The van der Waals surface area contributed by atoms with Gasteiger partial charge in [0.1, 0.15) is 11.6 Å². The van der Waals surface area contributed by atoms with Gasteiger partial charge in [0.25, 0.3) is 5.91 Å². The SMILES string of the molecule is COCCCNC(=O)/C(C#N)=C\NC(C)c1ccc2c(c1)CCCC2. The zero-order chi connectivity index (χ0) is 18.1. The lowest BCUT2D eigenvalue weighted by Crippen LogP contribution is -2.27. The van der Waals surface area contributed by atoms with Gasteiger partial charge in [-0.3, -0.25) is 4.79 Å². The fourth-order valence-corrected chi connectivity index (χ4v) is 2.99. The van der Waals surface area contributed by atoms with Crippen LogP contribution in [0.4, 0.5) is 0 Å². The van der Waals surface area contributed by atoms with Crippen LogP contribution >= 0.6 is 0 Å². The summed E-state index contributed by atoms with van der Waals surface area (Å²) in [5, 5.41) is 15.1. The topological polar surface area (TPSA) is 74.1 Å². The Hall–Kier alpha value is -2.32. The van der Waals surface area contributed by atoms with E-state index in [4.69, 9.17) is 4.74 Å². The van der Waals surface area contributed by atoms with Gasteiger partial charge in [-0.2, -0.15) is 5.26 Å². The van der Waals surface area contributed by atoms with Crippen molar-refractivity contribution in [1.82, 2.24) is 10.6 Å². The fraction of sp³-hybridized carbons (Fsp3) is 0.500. The fourth-order valence-electron chi connectivity index (χ4n) is 2.99. The van der Waals surface area contributed by atoms with Crippen LogP contribution < -0.4 is 10.6 Å². The number of nitrogens with zero attached hydrogens (tertiary/aromatic N) is 1. The lowest BCUT2D eigenvalue weighted by molar-refractivity contribution is -0.117. The molecule has 1 aromatic carbocycles. The maximum absolute atomic E-state index is 12.0. The molecular weight excluding hydrogens is 314 g/mol. The van der Waals surface area contributed by atoms with Gasteiger partial charge in [-0.05, 0) is 55.7 Å². The van der Waals surface area contributed by atoms with Crippen molar-refractivity contribution in [1.29, 1.82) is 5.26 Å². The highest BCUT2D eigenvalue weighted by Crippen LogP contribution is 2.24. The van der Waals surface area contributed by atoms with E-state index in [2.05, 4.69) is 28.8 Å². The Morgan fingerprint density at radius 2 is 2.12 bits per heavy atom. The highest BCUT2D eigenvalue weighted by atomic mass is 16.5. The molecule has 0 saturated carbocycles. The van der Waals surface area contributed by atoms with Crippen LogP contribution in [0.5, 0.6) is 0 Å². The predicted molar refractivity (Wildman–Crippen MR) is 97.8 cm³/mol. The molecule has 0 aromatic heterocycles. The van der Waals surface area contributed by atoms with E-state index in [1.807, 2.05) is 13.0 Å². The number of hydrogen-bond acceptors (Lipinski definition) is 4. The number of methoxy groups -OCH3 is 1. The van der Waals surface area contributed by atoms with Crippen LogP contribution in [0.3, 0.4) is 0 Å². The van der Waals surface area contributed by atoms with Crippen molar-refractivity contribution in [3.63, 3.8) is 0 Å². The van der Waals surface area contributed by atoms with Crippen LogP contribution in [-0.2, 0) is 22.4 Å². The molecule has 0 aliphatic heterocycles. The second-order valence-corrected chi connectivity index (χ2v) is 6.40. The summed E-state index contributed by atoms with van der Waals surface area (Å²) in [6, 6.07) is 8.58. The average Bonchev–Trinajstić information content (AvgIpc) is 2.65. The Bertz CT molecular complexity index is 661. The molecule has 1 aromatic rings. The molecule has 0 bridgehead atoms. The van der Waals surface area contributed by atoms with Crippen molar-refractivity contribution in [3.8, 4) is 6.07 Å². The molecule has 5 nitrogen and oxygen atoms in total. The molecule has 1 aliphatic carbocycles. The normalized spacial score (nSPS) is 15.0. The van der Waals surface area contributed by atoms with Gasteiger partial charge in [-0.15, -0.1) is 0 Å². The Kier molecular flexibility index (Phi) is 7.49. The van der Waals surface area contributed by atoms with E-state index in [9.17, 15) is 10.1 Å². The molecule has 134 valence electrons. The number of fused-ring (bicyclic) bond motifs is 1. The largest absolute Gasteiger partial charge is 0.385 e.